The van der Waals surface area contributed by atoms with Crippen molar-refractivity contribution in [3.8, 4) is 16.9 Å². The largest absolute Gasteiger partial charge is 0.497 e. The second-order valence-corrected chi connectivity index (χ2v) is 8.93. The van der Waals surface area contributed by atoms with Gasteiger partial charge in [0.2, 0.25) is 0 Å². The number of benzene rings is 2. The maximum absolute atomic E-state index is 13.3. The van der Waals surface area contributed by atoms with E-state index in [9.17, 15) is 4.79 Å². The fourth-order valence-electron chi connectivity index (χ4n) is 6.28. The number of rotatable bonds is 4. The molecule has 0 atom stereocenters. The third-order valence-electron chi connectivity index (χ3n) is 6.99. The molecule has 140 valence electrons. The summed E-state index contributed by atoms with van der Waals surface area (Å²) < 4.78 is 5.26. The molecular weight excluding hydrogens is 334 g/mol. The van der Waals surface area contributed by atoms with Crippen molar-refractivity contribution >= 4 is 5.91 Å². The van der Waals surface area contributed by atoms with Gasteiger partial charge in [0.25, 0.3) is 5.91 Å². The summed E-state index contributed by atoms with van der Waals surface area (Å²) in [4.78, 5) is 13.3. The van der Waals surface area contributed by atoms with Gasteiger partial charge in [0.05, 0.1) is 7.11 Å². The van der Waals surface area contributed by atoms with E-state index in [1.54, 1.807) is 7.11 Å². The van der Waals surface area contributed by atoms with Crippen LogP contribution in [0.1, 0.15) is 48.9 Å². The molecule has 1 amide bonds. The highest BCUT2D eigenvalue weighted by Gasteiger charge is 2.51. The average Bonchev–Trinajstić information content (AvgIpc) is 2.66. The average molecular weight is 361 g/mol. The number of hydrogen-bond donors (Lipinski definition) is 1. The minimum atomic E-state index is 0.0405. The summed E-state index contributed by atoms with van der Waals surface area (Å²) in [6.07, 6.45) is 7.69. The number of carbonyl (C=O) groups is 1. The molecule has 6 rings (SSSR count). The molecule has 3 heteroatoms. The molecule has 0 aromatic heterocycles. The Balaban J connectivity index is 1.42. The van der Waals surface area contributed by atoms with Crippen LogP contribution in [0, 0.1) is 17.8 Å². The van der Waals surface area contributed by atoms with E-state index in [1.165, 1.54) is 38.5 Å². The zero-order chi connectivity index (χ0) is 18.4. The summed E-state index contributed by atoms with van der Waals surface area (Å²) >= 11 is 0. The first-order chi connectivity index (χ1) is 13.1. The van der Waals surface area contributed by atoms with Gasteiger partial charge in [-0.3, -0.25) is 4.79 Å². The monoisotopic (exact) mass is 361 g/mol. The Bertz CT molecular complexity index is 820. The molecular formula is C24H27NO2. The Labute approximate surface area is 161 Å². The van der Waals surface area contributed by atoms with E-state index in [0.29, 0.717) is 0 Å². The number of hydrogen-bond acceptors (Lipinski definition) is 2. The highest BCUT2D eigenvalue weighted by Crippen LogP contribution is 2.55. The van der Waals surface area contributed by atoms with Crippen LogP contribution in [0.15, 0.2) is 48.5 Å². The Morgan fingerprint density at radius 3 is 2.11 bits per heavy atom. The Morgan fingerprint density at radius 1 is 0.926 bits per heavy atom. The first-order valence-electron chi connectivity index (χ1n) is 10.2. The molecule has 2 aromatic carbocycles. The van der Waals surface area contributed by atoms with Crippen molar-refractivity contribution in [2.24, 2.45) is 17.8 Å². The Morgan fingerprint density at radius 2 is 1.52 bits per heavy atom. The van der Waals surface area contributed by atoms with E-state index in [0.717, 1.165) is 40.2 Å². The predicted molar refractivity (Wildman–Crippen MR) is 107 cm³/mol. The van der Waals surface area contributed by atoms with Gasteiger partial charge in [-0.25, -0.2) is 0 Å². The third kappa shape index (κ3) is 3.03. The maximum Gasteiger partial charge on any atom is 0.252 e. The summed E-state index contributed by atoms with van der Waals surface area (Å²) in [7, 11) is 1.67. The van der Waals surface area contributed by atoms with Crippen LogP contribution in [0.5, 0.6) is 5.75 Å². The van der Waals surface area contributed by atoms with Crippen LogP contribution in [0.2, 0.25) is 0 Å². The highest BCUT2D eigenvalue weighted by molar-refractivity contribution is 6.01. The first-order valence-corrected chi connectivity index (χ1v) is 10.2. The van der Waals surface area contributed by atoms with Gasteiger partial charge in [-0.15, -0.1) is 0 Å². The van der Waals surface area contributed by atoms with E-state index in [1.807, 2.05) is 48.5 Å². The van der Waals surface area contributed by atoms with Crippen molar-refractivity contribution in [1.29, 1.82) is 0 Å². The van der Waals surface area contributed by atoms with Crippen molar-refractivity contribution in [2.45, 2.75) is 44.1 Å². The predicted octanol–water partition coefficient (Wildman–Crippen LogP) is 5.06. The van der Waals surface area contributed by atoms with Gasteiger partial charge in [-0.1, -0.05) is 30.3 Å². The summed E-state index contributed by atoms with van der Waals surface area (Å²) in [5.41, 5.74) is 2.85. The molecule has 2 aromatic rings. The van der Waals surface area contributed by atoms with Crippen molar-refractivity contribution in [3.05, 3.63) is 54.1 Å². The lowest BCUT2D eigenvalue weighted by Gasteiger charge is -2.56. The number of amides is 1. The fraction of sp³-hybridized carbons (Fsp3) is 0.458. The summed E-state index contributed by atoms with van der Waals surface area (Å²) in [6.45, 7) is 0. The smallest absolute Gasteiger partial charge is 0.252 e. The van der Waals surface area contributed by atoms with E-state index in [2.05, 4.69) is 5.32 Å². The molecule has 4 bridgehead atoms. The van der Waals surface area contributed by atoms with Gasteiger partial charge in [0.1, 0.15) is 5.75 Å². The molecule has 4 aliphatic carbocycles. The van der Waals surface area contributed by atoms with Crippen LogP contribution in [0.25, 0.3) is 11.1 Å². The molecule has 4 fully saturated rings. The molecule has 0 spiro atoms. The lowest BCUT2D eigenvalue weighted by Crippen LogP contribution is -2.59. The topological polar surface area (TPSA) is 38.3 Å². The minimum Gasteiger partial charge on any atom is -0.497 e. The standard InChI is InChI=1S/C24H27NO2/c1-27-20-8-6-19(7-9-20)21-4-2-3-5-22(21)23(26)25-24-13-16-10-17(14-24)12-18(11-16)15-24/h2-9,16-18H,10-15H2,1H3,(H,25,26). The van der Waals surface area contributed by atoms with Crippen LogP contribution in [0.3, 0.4) is 0 Å². The second-order valence-electron chi connectivity index (χ2n) is 8.93. The van der Waals surface area contributed by atoms with Gasteiger partial charge in [0, 0.05) is 11.1 Å². The minimum absolute atomic E-state index is 0.0405. The highest BCUT2D eigenvalue weighted by atomic mass is 16.5. The molecule has 3 nitrogen and oxygen atoms in total. The zero-order valence-corrected chi connectivity index (χ0v) is 15.9. The van der Waals surface area contributed by atoms with Crippen molar-refractivity contribution in [2.75, 3.05) is 7.11 Å². The van der Waals surface area contributed by atoms with Crippen LogP contribution in [0.4, 0.5) is 0 Å². The molecule has 1 N–H and O–H groups in total. The quantitative estimate of drug-likeness (QED) is 0.826. The van der Waals surface area contributed by atoms with Gasteiger partial charge in [-0.2, -0.15) is 0 Å². The van der Waals surface area contributed by atoms with E-state index < -0.39 is 0 Å². The molecule has 4 saturated carbocycles. The SMILES string of the molecule is COc1ccc(-c2ccccc2C(=O)NC23CC4CC(CC(C4)C2)C3)cc1. The van der Waals surface area contributed by atoms with Gasteiger partial charge < -0.3 is 10.1 Å². The van der Waals surface area contributed by atoms with E-state index >= 15 is 0 Å². The van der Waals surface area contributed by atoms with E-state index in [4.69, 9.17) is 4.74 Å². The molecule has 0 unspecified atom stereocenters. The number of methoxy groups -OCH3 is 1. The lowest BCUT2D eigenvalue weighted by atomic mass is 9.53. The van der Waals surface area contributed by atoms with E-state index in [-0.39, 0.29) is 11.4 Å². The summed E-state index contributed by atoms with van der Waals surface area (Å²) in [5.74, 6) is 3.40. The maximum atomic E-state index is 13.3. The Kier molecular flexibility index (Phi) is 3.99. The van der Waals surface area contributed by atoms with Gasteiger partial charge in [-0.05, 0) is 85.6 Å². The van der Waals surface area contributed by atoms with Crippen LogP contribution >= 0.6 is 0 Å². The number of ether oxygens (including phenoxy) is 1. The first kappa shape index (κ1) is 16.9. The molecule has 0 heterocycles. The molecule has 0 saturated heterocycles. The Hall–Kier alpha value is -2.29. The van der Waals surface area contributed by atoms with Crippen LogP contribution in [-0.2, 0) is 0 Å². The number of nitrogens with one attached hydrogen (secondary N) is 1. The molecule has 0 radical (unpaired) electrons. The van der Waals surface area contributed by atoms with Crippen molar-refractivity contribution < 1.29 is 9.53 Å². The van der Waals surface area contributed by atoms with Gasteiger partial charge >= 0.3 is 0 Å². The summed E-state index contributed by atoms with van der Waals surface area (Å²) in [6, 6.07) is 15.9. The fourth-order valence-corrected chi connectivity index (χ4v) is 6.28. The normalized spacial score (nSPS) is 30.9. The number of carbonyl (C=O) groups excluding carboxylic acids is 1. The lowest BCUT2D eigenvalue weighted by molar-refractivity contribution is -0.0166. The van der Waals surface area contributed by atoms with Crippen molar-refractivity contribution in [1.82, 2.24) is 5.32 Å². The van der Waals surface area contributed by atoms with Gasteiger partial charge in [0.15, 0.2) is 0 Å². The van der Waals surface area contributed by atoms with Crippen molar-refractivity contribution in [3.63, 3.8) is 0 Å². The second kappa shape index (κ2) is 6.40. The zero-order valence-electron chi connectivity index (χ0n) is 15.9. The molecule has 27 heavy (non-hydrogen) atoms. The van der Waals surface area contributed by atoms with Crippen LogP contribution < -0.4 is 10.1 Å². The third-order valence-corrected chi connectivity index (χ3v) is 6.99. The molecule has 4 aliphatic rings. The molecule has 0 aliphatic heterocycles. The summed E-state index contributed by atoms with van der Waals surface area (Å²) in [5, 5.41) is 3.51. The van der Waals surface area contributed by atoms with Crippen LogP contribution in [-0.4, -0.2) is 18.6 Å².